The molecular formula is C18H16ClNO3S. The van der Waals surface area contributed by atoms with Crippen LogP contribution in [0.5, 0.6) is 5.75 Å². The molecular weight excluding hydrogens is 346 g/mol. The quantitative estimate of drug-likeness (QED) is 0.757. The third-order valence-electron chi connectivity index (χ3n) is 3.80. The van der Waals surface area contributed by atoms with Gasteiger partial charge in [-0.3, -0.25) is 9.59 Å². The Kier molecular flexibility index (Phi) is 5.11. The summed E-state index contributed by atoms with van der Waals surface area (Å²) in [4.78, 5) is 26.1. The van der Waals surface area contributed by atoms with E-state index in [1.54, 1.807) is 31.4 Å². The first kappa shape index (κ1) is 16.9. The van der Waals surface area contributed by atoms with Gasteiger partial charge in [0.1, 0.15) is 5.75 Å². The van der Waals surface area contributed by atoms with Crippen LogP contribution in [0, 0.1) is 0 Å². The fraction of sp³-hybridized carbons (Fsp3) is 0.222. The van der Waals surface area contributed by atoms with E-state index in [-0.39, 0.29) is 23.5 Å². The number of carbonyl (C=O) groups is 2. The molecule has 0 spiro atoms. The molecule has 1 aliphatic heterocycles. The minimum atomic E-state index is -0.352. The first-order chi connectivity index (χ1) is 11.6. The number of anilines is 1. The van der Waals surface area contributed by atoms with Crippen molar-refractivity contribution >= 4 is 40.9 Å². The number of imide groups is 1. The summed E-state index contributed by atoms with van der Waals surface area (Å²) in [6, 6.07) is 14.4. The Bertz CT molecular complexity index is 746. The number of thioether (sulfide) groups is 1. The zero-order chi connectivity index (χ0) is 17.1. The van der Waals surface area contributed by atoms with Gasteiger partial charge in [0.15, 0.2) is 0 Å². The third-order valence-corrected chi connectivity index (χ3v) is 5.32. The Hall–Kier alpha value is -1.98. The number of carbonyl (C=O) groups excluding carboxylic acids is 2. The standard InChI is InChI=1S/C18H16ClNO3S/c1-23-15-8-6-14(7-9-15)20-17(21)10-16(18(20)22)24-11-12-2-4-13(19)5-3-12/h2-9,16H,10-11H2,1H3/t16-/m1/s1. The van der Waals surface area contributed by atoms with E-state index in [1.165, 1.54) is 16.7 Å². The smallest absolute Gasteiger partial charge is 0.247 e. The van der Waals surface area contributed by atoms with E-state index in [2.05, 4.69) is 0 Å². The van der Waals surface area contributed by atoms with Gasteiger partial charge in [-0.05, 0) is 42.0 Å². The molecule has 0 radical (unpaired) electrons. The summed E-state index contributed by atoms with van der Waals surface area (Å²) in [5, 5.41) is 0.330. The Morgan fingerprint density at radius 1 is 1.12 bits per heavy atom. The van der Waals surface area contributed by atoms with Gasteiger partial charge in [0.2, 0.25) is 11.8 Å². The second-order valence-electron chi connectivity index (χ2n) is 5.40. The van der Waals surface area contributed by atoms with Crippen molar-refractivity contribution in [1.82, 2.24) is 0 Å². The largest absolute Gasteiger partial charge is 0.497 e. The highest BCUT2D eigenvalue weighted by Crippen LogP contribution is 2.32. The lowest BCUT2D eigenvalue weighted by atomic mass is 10.2. The van der Waals surface area contributed by atoms with Gasteiger partial charge in [0, 0.05) is 17.2 Å². The predicted octanol–water partition coefficient (Wildman–Crippen LogP) is 3.91. The molecule has 124 valence electrons. The number of benzene rings is 2. The number of ether oxygens (including phenoxy) is 1. The molecule has 1 atom stereocenters. The third kappa shape index (κ3) is 3.57. The number of rotatable bonds is 5. The van der Waals surface area contributed by atoms with Crippen LogP contribution in [0.25, 0.3) is 0 Å². The summed E-state index contributed by atoms with van der Waals surface area (Å²) < 4.78 is 5.10. The van der Waals surface area contributed by atoms with Crippen LogP contribution in [-0.4, -0.2) is 24.2 Å². The second kappa shape index (κ2) is 7.28. The van der Waals surface area contributed by atoms with Crippen molar-refractivity contribution in [2.75, 3.05) is 12.0 Å². The average Bonchev–Trinajstić information content (AvgIpc) is 2.88. The van der Waals surface area contributed by atoms with E-state index in [1.807, 2.05) is 24.3 Å². The molecule has 24 heavy (non-hydrogen) atoms. The fourth-order valence-corrected chi connectivity index (χ4v) is 3.73. The van der Waals surface area contributed by atoms with Crippen LogP contribution < -0.4 is 9.64 Å². The molecule has 0 unspecified atom stereocenters. The van der Waals surface area contributed by atoms with E-state index in [4.69, 9.17) is 16.3 Å². The SMILES string of the molecule is COc1ccc(N2C(=O)C[C@@H](SCc3ccc(Cl)cc3)C2=O)cc1. The summed E-state index contributed by atoms with van der Waals surface area (Å²) in [5.41, 5.74) is 1.66. The van der Waals surface area contributed by atoms with Gasteiger partial charge in [-0.15, -0.1) is 11.8 Å². The monoisotopic (exact) mass is 361 g/mol. The maximum atomic E-state index is 12.6. The lowest BCUT2D eigenvalue weighted by molar-refractivity contribution is -0.121. The molecule has 1 heterocycles. The van der Waals surface area contributed by atoms with E-state index in [9.17, 15) is 9.59 Å². The minimum absolute atomic E-state index is 0.163. The van der Waals surface area contributed by atoms with Crippen molar-refractivity contribution in [3.05, 3.63) is 59.1 Å². The van der Waals surface area contributed by atoms with Crippen LogP contribution in [0.15, 0.2) is 48.5 Å². The van der Waals surface area contributed by atoms with E-state index >= 15 is 0 Å². The molecule has 2 aromatic rings. The van der Waals surface area contributed by atoms with Crippen LogP contribution in [0.3, 0.4) is 0 Å². The minimum Gasteiger partial charge on any atom is -0.497 e. The van der Waals surface area contributed by atoms with Crippen LogP contribution in [0.2, 0.25) is 5.02 Å². The summed E-state index contributed by atoms with van der Waals surface area (Å²) in [6.45, 7) is 0. The maximum Gasteiger partial charge on any atom is 0.247 e. The summed E-state index contributed by atoms with van der Waals surface area (Å²) >= 11 is 7.35. The van der Waals surface area contributed by atoms with E-state index < -0.39 is 0 Å². The first-order valence-electron chi connectivity index (χ1n) is 7.45. The second-order valence-corrected chi connectivity index (χ2v) is 7.02. The van der Waals surface area contributed by atoms with Crippen molar-refractivity contribution < 1.29 is 14.3 Å². The predicted molar refractivity (Wildman–Crippen MR) is 96.6 cm³/mol. The van der Waals surface area contributed by atoms with Gasteiger partial charge in [0.05, 0.1) is 18.0 Å². The number of nitrogens with zero attached hydrogens (tertiary/aromatic N) is 1. The average molecular weight is 362 g/mol. The van der Waals surface area contributed by atoms with Gasteiger partial charge in [-0.25, -0.2) is 4.90 Å². The molecule has 0 bridgehead atoms. The van der Waals surface area contributed by atoms with Crippen LogP contribution >= 0.6 is 23.4 Å². The van der Waals surface area contributed by atoms with E-state index in [0.29, 0.717) is 22.2 Å². The number of hydrogen-bond acceptors (Lipinski definition) is 4. The molecule has 1 fully saturated rings. The van der Waals surface area contributed by atoms with Crippen molar-refractivity contribution in [2.45, 2.75) is 17.4 Å². The van der Waals surface area contributed by atoms with Crippen molar-refractivity contribution in [3.8, 4) is 5.75 Å². The first-order valence-corrected chi connectivity index (χ1v) is 8.88. The topological polar surface area (TPSA) is 46.6 Å². The van der Waals surface area contributed by atoms with Gasteiger partial charge >= 0.3 is 0 Å². The lowest BCUT2D eigenvalue weighted by Crippen LogP contribution is -2.31. The lowest BCUT2D eigenvalue weighted by Gasteiger charge is -2.15. The molecule has 6 heteroatoms. The summed E-state index contributed by atoms with van der Waals surface area (Å²) in [7, 11) is 1.57. The van der Waals surface area contributed by atoms with Crippen molar-refractivity contribution in [1.29, 1.82) is 0 Å². The van der Waals surface area contributed by atoms with Crippen molar-refractivity contribution in [2.24, 2.45) is 0 Å². The summed E-state index contributed by atoms with van der Waals surface area (Å²) in [6.07, 6.45) is 0.225. The van der Waals surface area contributed by atoms with Gasteiger partial charge in [0.25, 0.3) is 0 Å². The molecule has 1 saturated heterocycles. The molecule has 0 N–H and O–H groups in total. The number of amides is 2. The highest BCUT2D eigenvalue weighted by Gasteiger charge is 2.39. The number of halogens is 1. The molecule has 0 aromatic heterocycles. The van der Waals surface area contributed by atoms with Crippen LogP contribution in [0.1, 0.15) is 12.0 Å². The van der Waals surface area contributed by atoms with Crippen molar-refractivity contribution in [3.63, 3.8) is 0 Å². The number of methoxy groups -OCH3 is 1. The molecule has 1 aliphatic rings. The normalized spacial score (nSPS) is 17.4. The molecule has 4 nitrogen and oxygen atoms in total. The molecule has 3 rings (SSSR count). The van der Waals surface area contributed by atoms with Gasteiger partial charge in [-0.2, -0.15) is 0 Å². The Labute approximate surface area is 149 Å². The van der Waals surface area contributed by atoms with Gasteiger partial charge < -0.3 is 4.74 Å². The molecule has 2 amide bonds. The highest BCUT2D eigenvalue weighted by atomic mass is 35.5. The zero-order valence-electron chi connectivity index (χ0n) is 13.1. The van der Waals surface area contributed by atoms with Crippen LogP contribution in [0.4, 0.5) is 5.69 Å². The van der Waals surface area contributed by atoms with E-state index in [0.717, 1.165) is 5.56 Å². The zero-order valence-corrected chi connectivity index (χ0v) is 14.6. The molecule has 0 aliphatic carbocycles. The highest BCUT2D eigenvalue weighted by molar-refractivity contribution is 7.99. The fourth-order valence-electron chi connectivity index (χ4n) is 2.51. The van der Waals surface area contributed by atoms with Crippen LogP contribution in [-0.2, 0) is 15.3 Å². The Morgan fingerprint density at radius 3 is 2.42 bits per heavy atom. The molecule has 0 saturated carbocycles. The Morgan fingerprint density at radius 2 is 1.79 bits per heavy atom. The number of hydrogen-bond donors (Lipinski definition) is 0. The molecule has 2 aromatic carbocycles. The Balaban J connectivity index is 1.67. The maximum absolute atomic E-state index is 12.6. The summed E-state index contributed by atoms with van der Waals surface area (Å²) in [5.74, 6) is 1.02. The van der Waals surface area contributed by atoms with Gasteiger partial charge in [-0.1, -0.05) is 23.7 Å².